The van der Waals surface area contributed by atoms with E-state index in [4.69, 9.17) is 20.4 Å². The molecule has 3 aliphatic carbocycles. The van der Waals surface area contributed by atoms with E-state index in [2.05, 4.69) is 16.0 Å². The van der Waals surface area contributed by atoms with Crippen LogP contribution in [0.4, 0.5) is 8.78 Å². The minimum Gasteiger partial charge on any atom is -0.494 e. The molecule has 242 valence electrons. The number of pyridine rings is 1. The molecule has 10 nitrogen and oxygen atoms in total. The SMILES string of the molecule is COc1cc(C(=O)N2C[C@H](N)[C@@H]3CC[C@H]2C3)cc2nc(-c3cc4ccc([C@@H](C)NC(=O)[C@@H]5CC5(F)F)nc4n3CC3CC3)n(C)c12. The number of nitrogens with one attached hydrogen (secondary N) is 1. The number of methoxy groups -OCH3 is 1. The number of rotatable bonds is 8. The van der Waals surface area contributed by atoms with Crippen LogP contribution in [0.15, 0.2) is 30.3 Å². The quantitative estimate of drug-likeness (QED) is 0.289. The average molecular weight is 632 g/mol. The molecule has 4 heterocycles. The van der Waals surface area contributed by atoms with Gasteiger partial charge in [-0.05, 0) is 81.2 Å². The number of aryl methyl sites for hydroxylation is 1. The summed E-state index contributed by atoms with van der Waals surface area (Å²) >= 11 is 0. The zero-order valence-electron chi connectivity index (χ0n) is 26.3. The molecule has 2 bridgehead atoms. The highest BCUT2D eigenvalue weighted by molar-refractivity contribution is 6.00. The fourth-order valence-corrected chi connectivity index (χ4v) is 7.62. The van der Waals surface area contributed by atoms with Gasteiger partial charge in [-0.15, -0.1) is 0 Å². The van der Waals surface area contributed by atoms with Gasteiger partial charge >= 0.3 is 0 Å². The predicted molar refractivity (Wildman–Crippen MR) is 168 cm³/mol. The fourth-order valence-electron chi connectivity index (χ4n) is 7.62. The number of carbonyl (C=O) groups is 2. The number of piperidine rings is 1. The number of imidazole rings is 1. The number of ether oxygens (including phenoxy) is 1. The van der Waals surface area contributed by atoms with Gasteiger partial charge < -0.3 is 29.8 Å². The van der Waals surface area contributed by atoms with Crippen molar-refractivity contribution < 1.29 is 23.1 Å². The number of alkyl halides is 2. The third-order valence-electron chi connectivity index (χ3n) is 10.6. The van der Waals surface area contributed by atoms with Crippen LogP contribution in [0.2, 0.25) is 0 Å². The van der Waals surface area contributed by atoms with Gasteiger partial charge in [0.2, 0.25) is 5.91 Å². The fraction of sp³-hybridized carbons (Fsp3) is 0.529. The number of carbonyl (C=O) groups excluding carboxylic acids is 2. The topological polar surface area (TPSA) is 120 Å². The van der Waals surface area contributed by atoms with E-state index in [-0.39, 0.29) is 18.0 Å². The largest absolute Gasteiger partial charge is 0.494 e. The van der Waals surface area contributed by atoms with Gasteiger partial charge in [0, 0.05) is 49.6 Å². The van der Waals surface area contributed by atoms with Crippen LogP contribution in [0.1, 0.15) is 67.5 Å². The van der Waals surface area contributed by atoms with Crippen molar-refractivity contribution in [3.05, 3.63) is 41.6 Å². The molecular weight excluding hydrogens is 592 g/mol. The second-order valence-electron chi connectivity index (χ2n) is 13.9. The molecule has 46 heavy (non-hydrogen) atoms. The van der Waals surface area contributed by atoms with E-state index in [9.17, 15) is 18.4 Å². The van der Waals surface area contributed by atoms with E-state index in [0.29, 0.717) is 46.7 Å². The molecular formula is C34H39F2N7O3. The maximum absolute atomic E-state index is 13.8. The van der Waals surface area contributed by atoms with Crippen LogP contribution >= 0.6 is 0 Å². The molecule has 12 heteroatoms. The Bertz CT molecular complexity index is 1900. The van der Waals surface area contributed by atoms with Gasteiger partial charge in [0.1, 0.15) is 22.8 Å². The van der Waals surface area contributed by atoms with Crippen LogP contribution < -0.4 is 15.8 Å². The first kappa shape index (κ1) is 29.3. The van der Waals surface area contributed by atoms with E-state index in [1.165, 1.54) is 0 Å². The van der Waals surface area contributed by atoms with Gasteiger partial charge in [0.15, 0.2) is 5.82 Å². The molecule has 3 aromatic heterocycles. The Morgan fingerprint density at radius 3 is 2.65 bits per heavy atom. The van der Waals surface area contributed by atoms with Crippen LogP contribution in [0.3, 0.4) is 0 Å². The monoisotopic (exact) mass is 631 g/mol. The summed E-state index contributed by atoms with van der Waals surface area (Å²) in [6.07, 6.45) is 4.87. The van der Waals surface area contributed by atoms with E-state index in [1.807, 2.05) is 40.8 Å². The molecule has 4 fully saturated rings. The van der Waals surface area contributed by atoms with E-state index in [1.54, 1.807) is 14.0 Å². The second-order valence-corrected chi connectivity index (χ2v) is 13.9. The average Bonchev–Trinajstić information content (AvgIpc) is 3.83. The van der Waals surface area contributed by atoms with Crippen molar-refractivity contribution in [1.29, 1.82) is 0 Å². The van der Waals surface area contributed by atoms with Crippen LogP contribution in [-0.4, -0.2) is 67.5 Å². The van der Waals surface area contributed by atoms with Crippen LogP contribution in [-0.2, 0) is 18.4 Å². The van der Waals surface area contributed by atoms with E-state index in [0.717, 1.165) is 60.9 Å². The summed E-state index contributed by atoms with van der Waals surface area (Å²) in [5.74, 6) is -2.56. The van der Waals surface area contributed by atoms with Crippen molar-refractivity contribution in [1.82, 2.24) is 29.3 Å². The minimum absolute atomic E-state index is 0.000468. The van der Waals surface area contributed by atoms with Crippen molar-refractivity contribution in [2.75, 3.05) is 13.7 Å². The van der Waals surface area contributed by atoms with Crippen molar-refractivity contribution in [2.24, 2.45) is 30.5 Å². The Labute approximate surface area is 265 Å². The molecule has 3 saturated carbocycles. The summed E-state index contributed by atoms with van der Waals surface area (Å²) in [5.41, 5.74) is 10.7. The normalized spacial score (nSPS) is 25.7. The number of fused-ring (bicyclic) bond motifs is 4. The second kappa shape index (κ2) is 10.5. The highest BCUT2D eigenvalue weighted by Crippen LogP contribution is 2.49. The molecule has 1 saturated heterocycles. The molecule has 3 N–H and O–H groups in total. The van der Waals surface area contributed by atoms with Crippen molar-refractivity contribution in [2.45, 2.75) is 76.0 Å². The number of halogens is 2. The van der Waals surface area contributed by atoms with Crippen molar-refractivity contribution >= 4 is 33.9 Å². The van der Waals surface area contributed by atoms with Gasteiger partial charge in [0.25, 0.3) is 11.8 Å². The zero-order valence-corrected chi connectivity index (χ0v) is 26.3. The molecule has 0 radical (unpaired) electrons. The number of amides is 2. The Morgan fingerprint density at radius 2 is 1.93 bits per heavy atom. The first-order valence-electron chi connectivity index (χ1n) is 16.3. The van der Waals surface area contributed by atoms with Gasteiger partial charge in [0.05, 0.1) is 30.1 Å². The zero-order chi connectivity index (χ0) is 32.1. The van der Waals surface area contributed by atoms with Crippen LogP contribution in [0, 0.1) is 17.8 Å². The molecule has 4 aliphatic rings. The Morgan fingerprint density at radius 1 is 1.15 bits per heavy atom. The number of nitrogens with zero attached hydrogens (tertiary/aromatic N) is 5. The maximum atomic E-state index is 13.8. The molecule has 8 rings (SSSR count). The third-order valence-corrected chi connectivity index (χ3v) is 10.6. The minimum atomic E-state index is -2.92. The standard InChI is InChI=1S/C34H39F2N7O3/c1-17(38-32(44)23-14-34(23,35)36)25-9-7-20-12-27(43(30(20)39-25)15-18-4-5-18)31-40-26-11-21(13-28(46-3)29(26)41(31)2)33(45)42-16-24(37)19-6-8-22(42)10-19/h7,9,11-13,17-19,22-24H,4-6,8,10,14-16,37H2,1-3H3,(H,38,44)/t17-,19-,22+,23+,24+/m1/s1. The smallest absolute Gasteiger partial charge is 0.260 e. The summed E-state index contributed by atoms with van der Waals surface area (Å²) in [6.45, 7) is 3.08. The third kappa shape index (κ3) is 4.83. The van der Waals surface area contributed by atoms with Crippen LogP contribution in [0.25, 0.3) is 33.6 Å². The first-order valence-corrected chi connectivity index (χ1v) is 16.3. The highest BCUT2D eigenvalue weighted by atomic mass is 19.3. The Hall–Kier alpha value is -4.06. The molecule has 0 unspecified atom stereocenters. The highest BCUT2D eigenvalue weighted by Gasteiger charge is 2.61. The van der Waals surface area contributed by atoms with Gasteiger partial charge in [-0.3, -0.25) is 9.59 Å². The predicted octanol–water partition coefficient (Wildman–Crippen LogP) is 4.79. The first-order chi connectivity index (χ1) is 22.0. The number of nitrogens with two attached hydrogens (primary N) is 1. The number of benzene rings is 1. The molecule has 1 aromatic carbocycles. The van der Waals surface area contributed by atoms with Gasteiger partial charge in [-0.2, -0.15) is 0 Å². The molecule has 4 aromatic rings. The summed E-state index contributed by atoms with van der Waals surface area (Å²) in [5, 5.41) is 3.63. The summed E-state index contributed by atoms with van der Waals surface area (Å²) in [6, 6.07) is 9.21. The van der Waals surface area contributed by atoms with Crippen molar-refractivity contribution in [3.8, 4) is 17.3 Å². The lowest BCUT2D eigenvalue weighted by molar-refractivity contribution is -0.125. The number of aromatic nitrogens is 4. The molecule has 2 amide bonds. The maximum Gasteiger partial charge on any atom is 0.260 e. The lowest BCUT2D eigenvalue weighted by atomic mass is 9.94. The number of hydrogen-bond acceptors (Lipinski definition) is 6. The van der Waals surface area contributed by atoms with Crippen LogP contribution in [0.5, 0.6) is 5.75 Å². The van der Waals surface area contributed by atoms with Gasteiger partial charge in [-0.25, -0.2) is 18.7 Å². The lowest BCUT2D eigenvalue weighted by Crippen LogP contribution is -2.51. The Kier molecular flexibility index (Phi) is 6.69. The van der Waals surface area contributed by atoms with Crippen molar-refractivity contribution in [3.63, 3.8) is 0 Å². The van der Waals surface area contributed by atoms with Gasteiger partial charge in [-0.1, -0.05) is 0 Å². The lowest BCUT2D eigenvalue weighted by Gasteiger charge is -2.37. The summed E-state index contributed by atoms with van der Waals surface area (Å²) in [4.78, 5) is 38.2. The summed E-state index contributed by atoms with van der Waals surface area (Å²) < 4.78 is 37.0. The molecule has 5 atom stereocenters. The molecule has 0 spiro atoms. The number of likely N-dealkylation sites (tertiary alicyclic amines) is 1. The Balaban J connectivity index is 1.16. The summed E-state index contributed by atoms with van der Waals surface area (Å²) in [7, 11) is 3.55. The van der Waals surface area contributed by atoms with E-state index < -0.39 is 30.2 Å². The molecule has 1 aliphatic heterocycles. The van der Waals surface area contributed by atoms with E-state index >= 15 is 0 Å². The number of hydrogen-bond donors (Lipinski definition) is 2.